The Bertz CT molecular complexity index is 573. The number of benzene rings is 1. The summed E-state index contributed by atoms with van der Waals surface area (Å²) >= 11 is 0. The Morgan fingerprint density at radius 1 is 1.38 bits per heavy atom. The third-order valence-electron chi connectivity index (χ3n) is 3.78. The van der Waals surface area contributed by atoms with Crippen molar-refractivity contribution in [3.8, 4) is 5.75 Å². The molecule has 1 fully saturated rings. The quantitative estimate of drug-likeness (QED) is 0.826. The first-order chi connectivity index (χ1) is 9.92. The summed E-state index contributed by atoms with van der Waals surface area (Å²) in [5, 5.41) is 0. The van der Waals surface area contributed by atoms with E-state index in [-0.39, 0.29) is 17.9 Å². The van der Waals surface area contributed by atoms with Crippen LogP contribution in [0, 0.1) is 0 Å². The summed E-state index contributed by atoms with van der Waals surface area (Å²) in [6.07, 6.45) is 0.153. The number of hydrogen-bond acceptors (Lipinski definition) is 5. The van der Waals surface area contributed by atoms with Gasteiger partial charge in [-0.2, -0.15) is 0 Å². The van der Waals surface area contributed by atoms with E-state index >= 15 is 0 Å². The number of ether oxygens (including phenoxy) is 2. The van der Waals surface area contributed by atoms with Gasteiger partial charge in [0.15, 0.2) is 9.84 Å². The molecule has 0 unspecified atom stereocenters. The summed E-state index contributed by atoms with van der Waals surface area (Å²) in [5.74, 6) is 0.668. The molecule has 0 aromatic heterocycles. The van der Waals surface area contributed by atoms with Crippen molar-refractivity contribution in [2.24, 2.45) is 0 Å². The highest BCUT2D eigenvalue weighted by atomic mass is 32.2. The molecule has 1 aromatic rings. The molecule has 2 rings (SSSR count). The van der Waals surface area contributed by atoms with E-state index < -0.39 is 9.84 Å². The second-order valence-corrected chi connectivity index (χ2v) is 7.59. The van der Waals surface area contributed by atoms with Gasteiger partial charge < -0.3 is 9.47 Å². The molecule has 2 atom stereocenters. The summed E-state index contributed by atoms with van der Waals surface area (Å²) in [5.41, 5.74) is 0. The highest BCUT2D eigenvalue weighted by Gasteiger charge is 2.25. The Morgan fingerprint density at radius 3 is 2.86 bits per heavy atom. The highest BCUT2D eigenvalue weighted by Crippen LogP contribution is 2.19. The Kier molecular flexibility index (Phi) is 5.24. The van der Waals surface area contributed by atoms with Crippen LogP contribution in [0.4, 0.5) is 0 Å². The van der Waals surface area contributed by atoms with Crippen molar-refractivity contribution in [2.75, 3.05) is 32.6 Å². The predicted molar refractivity (Wildman–Crippen MR) is 81.5 cm³/mol. The largest absolute Gasteiger partial charge is 0.497 e. The van der Waals surface area contributed by atoms with Gasteiger partial charge in [-0.05, 0) is 32.0 Å². The molecule has 1 heterocycles. The fraction of sp³-hybridized carbons (Fsp3) is 0.600. The number of morpholine rings is 1. The zero-order valence-electron chi connectivity index (χ0n) is 12.8. The second-order valence-electron chi connectivity index (χ2n) is 5.49. The van der Waals surface area contributed by atoms with Gasteiger partial charge in [-0.15, -0.1) is 0 Å². The van der Waals surface area contributed by atoms with Crippen LogP contribution in [0.25, 0.3) is 0 Å². The van der Waals surface area contributed by atoms with Gasteiger partial charge >= 0.3 is 0 Å². The topological polar surface area (TPSA) is 55.8 Å². The van der Waals surface area contributed by atoms with Crippen LogP contribution < -0.4 is 4.74 Å². The van der Waals surface area contributed by atoms with Crippen LogP contribution in [0.3, 0.4) is 0 Å². The number of nitrogens with zero attached hydrogens (tertiary/aromatic N) is 1. The van der Waals surface area contributed by atoms with Crippen molar-refractivity contribution in [2.45, 2.75) is 30.9 Å². The Labute approximate surface area is 126 Å². The van der Waals surface area contributed by atoms with E-state index in [1.807, 2.05) is 6.92 Å². The molecule has 1 aliphatic rings. The first-order valence-electron chi connectivity index (χ1n) is 7.15. The van der Waals surface area contributed by atoms with Gasteiger partial charge in [-0.25, -0.2) is 8.42 Å². The third-order valence-corrected chi connectivity index (χ3v) is 5.48. The molecule has 1 saturated heterocycles. The molecule has 21 heavy (non-hydrogen) atoms. The van der Waals surface area contributed by atoms with Crippen LogP contribution in [-0.2, 0) is 14.6 Å². The lowest BCUT2D eigenvalue weighted by Crippen LogP contribution is -2.48. The minimum absolute atomic E-state index is 0.108. The SMILES string of the molecule is COc1cccc(S(=O)(=O)CCN2C[C@@H](C)OC[C@@H]2C)c1. The Hall–Kier alpha value is -1.11. The van der Waals surface area contributed by atoms with E-state index in [1.54, 1.807) is 24.3 Å². The molecule has 1 aliphatic heterocycles. The summed E-state index contributed by atoms with van der Waals surface area (Å²) in [4.78, 5) is 2.49. The van der Waals surface area contributed by atoms with Crippen molar-refractivity contribution in [1.82, 2.24) is 4.90 Å². The van der Waals surface area contributed by atoms with Crippen LogP contribution in [0.2, 0.25) is 0 Å². The molecule has 0 amide bonds. The summed E-state index contributed by atoms with van der Waals surface area (Å²) < 4.78 is 35.5. The normalized spacial score (nSPS) is 24.0. The van der Waals surface area contributed by atoms with Crippen molar-refractivity contribution in [3.05, 3.63) is 24.3 Å². The molecule has 0 N–H and O–H groups in total. The minimum Gasteiger partial charge on any atom is -0.497 e. The molecule has 0 saturated carbocycles. The molecular weight excluding hydrogens is 290 g/mol. The summed E-state index contributed by atoms with van der Waals surface area (Å²) in [6, 6.07) is 6.88. The number of methoxy groups -OCH3 is 1. The predicted octanol–water partition coefficient (Wildman–Crippen LogP) is 1.58. The van der Waals surface area contributed by atoms with Gasteiger partial charge in [-0.3, -0.25) is 4.90 Å². The molecule has 118 valence electrons. The van der Waals surface area contributed by atoms with Crippen LogP contribution in [-0.4, -0.2) is 58.0 Å². The van der Waals surface area contributed by atoms with Crippen molar-refractivity contribution >= 4 is 9.84 Å². The average molecular weight is 313 g/mol. The van der Waals surface area contributed by atoms with Gasteiger partial charge in [-0.1, -0.05) is 6.07 Å². The second kappa shape index (κ2) is 6.77. The fourth-order valence-corrected chi connectivity index (χ4v) is 3.73. The first-order valence-corrected chi connectivity index (χ1v) is 8.80. The van der Waals surface area contributed by atoms with Gasteiger partial charge in [0.25, 0.3) is 0 Å². The maximum atomic E-state index is 12.4. The van der Waals surface area contributed by atoms with Crippen molar-refractivity contribution < 1.29 is 17.9 Å². The Balaban J connectivity index is 2.03. The third kappa shape index (κ3) is 4.18. The first kappa shape index (κ1) is 16.3. The summed E-state index contributed by atoms with van der Waals surface area (Å²) in [7, 11) is -1.77. The van der Waals surface area contributed by atoms with Crippen LogP contribution >= 0.6 is 0 Å². The molecule has 1 aromatic carbocycles. The standard InChI is InChI=1S/C15H23NO4S/c1-12-11-20-13(2)10-16(12)7-8-21(17,18)15-6-4-5-14(9-15)19-3/h4-6,9,12-13H,7-8,10-11H2,1-3H3/t12-,13+/m0/s1. The van der Waals surface area contributed by atoms with E-state index in [2.05, 4.69) is 11.8 Å². The molecule has 0 aliphatic carbocycles. The number of sulfone groups is 1. The lowest BCUT2D eigenvalue weighted by molar-refractivity contribution is -0.0469. The molecule has 6 heteroatoms. The van der Waals surface area contributed by atoms with E-state index in [4.69, 9.17) is 9.47 Å². The highest BCUT2D eigenvalue weighted by molar-refractivity contribution is 7.91. The van der Waals surface area contributed by atoms with Gasteiger partial charge in [0.05, 0.1) is 30.5 Å². The fourth-order valence-electron chi connectivity index (χ4n) is 2.43. The van der Waals surface area contributed by atoms with Gasteiger partial charge in [0.1, 0.15) is 5.75 Å². The lowest BCUT2D eigenvalue weighted by atomic mass is 10.2. The molecule has 5 nitrogen and oxygen atoms in total. The average Bonchev–Trinajstić information content (AvgIpc) is 2.48. The van der Waals surface area contributed by atoms with E-state index in [9.17, 15) is 8.42 Å². The lowest BCUT2D eigenvalue weighted by Gasteiger charge is -2.36. The summed E-state index contributed by atoms with van der Waals surface area (Å²) in [6.45, 7) is 6.02. The van der Waals surface area contributed by atoms with Crippen LogP contribution in [0.1, 0.15) is 13.8 Å². The minimum atomic E-state index is -3.30. The number of rotatable bonds is 5. The van der Waals surface area contributed by atoms with Crippen molar-refractivity contribution in [1.29, 1.82) is 0 Å². The Morgan fingerprint density at radius 2 is 2.14 bits per heavy atom. The molecular formula is C15H23NO4S. The zero-order valence-corrected chi connectivity index (χ0v) is 13.6. The maximum Gasteiger partial charge on any atom is 0.179 e. The van der Waals surface area contributed by atoms with Crippen LogP contribution in [0.15, 0.2) is 29.2 Å². The molecule has 0 bridgehead atoms. The smallest absolute Gasteiger partial charge is 0.179 e. The number of hydrogen-bond donors (Lipinski definition) is 0. The zero-order chi connectivity index (χ0) is 15.5. The van der Waals surface area contributed by atoms with E-state index in [1.165, 1.54) is 7.11 Å². The maximum absolute atomic E-state index is 12.4. The van der Waals surface area contributed by atoms with E-state index in [0.29, 0.717) is 23.8 Å². The van der Waals surface area contributed by atoms with Gasteiger partial charge in [0, 0.05) is 19.1 Å². The molecule has 0 spiro atoms. The van der Waals surface area contributed by atoms with E-state index in [0.717, 1.165) is 6.54 Å². The molecule has 0 radical (unpaired) electrons. The van der Waals surface area contributed by atoms with Crippen molar-refractivity contribution in [3.63, 3.8) is 0 Å². The van der Waals surface area contributed by atoms with Gasteiger partial charge in [0.2, 0.25) is 0 Å². The van der Waals surface area contributed by atoms with Crippen LogP contribution in [0.5, 0.6) is 5.75 Å². The monoisotopic (exact) mass is 313 g/mol.